The Hall–Kier alpha value is -0.840. The molecular formula is C13H18ClN3S. The van der Waals surface area contributed by atoms with E-state index in [1.807, 2.05) is 18.2 Å². The Kier molecular flexibility index (Phi) is 4.43. The normalized spacial score (nSPS) is 16.9. The van der Waals surface area contributed by atoms with E-state index in [0.717, 1.165) is 44.0 Å². The molecule has 1 heterocycles. The molecule has 0 spiro atoms. The van der Waals surface area contributed by atoms with Crippen molar-refractivity contribution in [2.24, 2.45) is 5.73 Å². The molecule has 2 rings (SSSR count). The molecule has 0 amide bonds. The van der Waals surface area contributed by atoms with E-state index in [1.54, 1.807) is 0 Å². The molecule has 1 aromatic carbocycles. The highest BCUT2D eigenvalue weighted by atomic mass is 35.5. The van der Waals surface area contributed by atoms with Crippen LogP contribution in [0.1, 0.15) is 12.5 Å². The zero-order valence-corrected chi connectivity index (χ0v) is 12.1. The summed E-state index contributed by atoms with van der Waals surface area (Å²) in [5, 5.41) is 0.675. The summed E-state index contributed by atoms with van der Waals surface area (Å²) in [5.41, 5.74) is 7.76. The molecule has 0 bridgehead atoms. The maximum atomic E-state index is 6.00. The summed E-state index contributed by atoms with van der Waals surface area (Å²) in [6.07, 6.45) is 0. The molecule has 18 heavy (non-hydrogen) atoms. The first-order valence-electron chi connectivity index (χ1n) is 6.18. The number of piperazine rings is 1. The monoisotopic (exact) mass is 283 g/mol. The highest BCUT2D eigenvalue weighted by molar-refractivity contribution is 7.80. The number of hydrogen-bond donors (Lipinski definition) is 1. The molecule has 3 nitrogen and oxygen atoms in total. The number of anilines is 1. The molecule has 2 N–H and O–H groups in total. The Morgan fingerprint density at radius 3 is 2.56 bits per heavy atom. The van der Waals surface area contributed by atoms with E-state index in [9.17, 15) is 0 Å². The molecule has 0 saturated carbocycles. The van der Waals surface area contributed by atoms with Gasteiger partial charge in [-0.3, -0.25) is 0 Å². The molecule has 5 heteroatoms. The van der Waals surface area contributed by atoms with Crippen LogP contribution in [0.4, 0.5) is 5.69 Å². The summed E-state index contributed by atoms with van der Waals surface area (Å²) in [6.45, 7) is 7.47. The Morgan fingerprint density at radius 1 is 1.33 bits per heavy atom. The van der Waals surface area contributed by atoms with E-state index >= 15 is 0 Å². The third-order valence-electron chi connectivity index (χ3n) is 3.38. The molecule has 0 unspecified atom stereocenters. The van der Waals surface area contributed by atoms with Gasteiger partial charge in [0, 0.05) is 42.5 Å². The van der Waals surface area contributed by atoms with Crippen LogP contribution in [0, 0.1) is 0 Å². The molecule has 0 radical (unpaired) electrons. The number of rotatable bonds is 3. The van der Waals surface area contributed by atoms with Crippen molar-refractivity contribution in [2.75, 3.05) is 37.6 Å². The number of likely N-dealkylation sites (N-methyl/N-ethyl adjacent to an activating group) is 1. The predicted octanol–water partition coefficient (Wildman–Crippen LogP) is 2.12. The minimum atomic E-state index is 0.408. The van der Waals surface area contributed by atoms with Crippen LogP contribution in [0.2, 0.25) is 5.02 Å². The number of thiocarbonyl (C=S) groups is 1. The van der Waals surface area contributed by atoms with E-state index in [1.165, 1.54) is 0 Å². The zero-order chi connectivity index (χ0) is 13.1. The van der Waals surface area contributed by atoms with Gasteiger partial charge >= 0.3 is 0 Å². The van der Waals surface area contributed by atoms with E-state index in [4.69, 9.17) is 29.6 Å². The standard InChI is InChI=1S/C13H18ClN3S/c1-2-16-5-7-17(8-6-16)12-4-3-10(14)9-11(12)13(15)18/h3-4,9H,2,5-8H2,1H3,(H2,15,18). The van der Waals surface area contributed by atoms with Gasteiger partial charge in [0.15, 0.2) is 0 Å². The summed E-state index contributed by atoms with van der Waals surface area (Å²) in [7, 11) is 0. The fraction of sp³-hybridized carbons (Fsp3) is 0.462. The summed E-state index contributed by atoms with van der Waals surface area (Å²) >= 11 is 11.1. The van der Waals surface area contributed by atoms with Gasteiger partial charge in [-0.1, -0.05) is 30.7 Å². The highest BCUT2D eigenvalue weighted by Crippen LogP contribution is 2.25. The minimum Gasteiger partial charge on any atom is -0.389 e. The van der Waals surface area contributed by atoms with Gasteiger partial charge in [0.25, 0.3) is 0 Å². The SMILES string of the molecule is CCN1CCN(c2ccc(Cl)cc2C(N)=S)CC1. The molecule has 1 aliphatic heterocycles. The summed E-state index contributed by atoms with van der Waals surface area (Å²) in [5.74, 6) is 0. The van der Waals surface area contributed by atoms with E-state index in [0.29, 0.717) is 10.0 Å². The first kappa shape index (κ1) is 13.6. The number of nitrogens with two attached hydrogens (primary N) is 1. The molecule has 0 atom stereocenters. The minimum absolute atomic E-state index is 0.408. The smallest absolute Gasteiger partial charge is 0.106 e. The topological polar surface area (TPSA) is 32.5 Å². The number of nitrogens with zero attached hydrogens (tertiary/aromatic N) is 2. The van der Waals surface area contributed by atoms with Crippen molar-refractivity contribution in [3.63, 3.8) is 0 Å². The molecule has 1 fully saturated rings. The lowest BCUT2D eigenvalue weighted by Crippen LogP contribution is -2.46. The molecule has 1 aliphatic rings. The average Bonchev–Trinajstić information content (AvgIpc) is 2.39. The predicted molar refractivity (Wildman–Crippen MR) is 81.7 cm³/mol. The van der Waals surface area contributed by atoms with Gasteiger partial charge in [0.1, 0.15) is 4.99 Å². The van der Waals surface area contributed by atoms with Gasteiger partial charge in [-0.15, -0.1) is 0 Å². The maximum Gasteiger partial charge on any atom is 0.106 e. The average molecular weight is 284 g/mol. The van der Waals surface area contributed by atoms with Crippen LogP contribution >= 0.6 is 23.8 Å². The first-order chi connectivity index (χ1) is 8.61. The van der Waals surface area contributed by atoms with Gasteiger partial charge in [0.2, 0.25) is 0 Å². The van der Waals surface area contributed by atoms with Crippen LogP contribution in [-0.4, -0.2) is 42.6 Å². The zero-order valence-electron chi connectivity index (χ0n) is 10.5. The van der Waals surface area contributed by atoms with Crippen molar-refractivity contribution in [2.45, 2.75) is 6.92 Å². The van der Waals surface area contributed by atoms with Crippen LogP contribution in [0.15, 0.2) is 18.2 Å². The second-order valence-electron chi connectivity index (χ2n) is 4.45. The third kappa shape index (κ3) is 2.94. The fourth-order valence-electron chi connectivity index (χ4n) is 2.29. The molecule has 1 aromatic rings. The Labute approximate surface area is 119 Å². The summed E-state index contributed by atoms with van der Waals surface area (Å²) in [4.78, 5) is 5.18. The molecule has 0 aliphatic carbocycles. The van der Waals surface area contributed by atoms with E-state index in [2.05, 4.69) is 16.7 Å². The molecule has 0 aromatic heterocycles. The number of halogens is 1. The Bertz CT molecular complexity index is 442. The third-order valence-corrected chi connectivity index (χ3v) is 3.84. The quantitative estimate of drug-likeness (QED) is 0.862. The highest BCUT2D eigenvalue weighted by Gasteiger charge is 2.19. The number of hydrogen-bond acceptors (Lipinski definition) is 3. The van der Waals surface area contributed by atoms with Crippen LogP contribution in [0.25, 0.3) is 0 Å². The van der Waals surface area contributed by atoms with E-state index < -0.39 is 0 Å². The molecule has 98 valence electrons. The van der Waals surface area contributed by atoms with Crippen molar-refractivity contribution in [1.82, 2.24) is 4.90 Å². The van der Waals surface area contributed by atoms with Crippen molar-refractivity contribution >= 4 is 34.5 Å². The lowest BCUT2D eigenvalue weighted by molar-refractivity contribution is 0.271. The maximum absolute atomic E-state index is 6.00. The van der Waals surface area contributed by atoms with Gasteiger partial charge in [-0.2, -0.15) is 0 Å². The van der Waals surface area contributed by atoms with Crippen LogP contribution in [0.5, 0.6) is 0 Å². The summed E-state index contributed by atoms with van der Waals surface area (Å²) in [6, 6.07) is 5.76. The van der Waals surface area contributed by atoms with Crippen molar-refractivity contribution in [3.8, 4) is 0 Å². The second-order valence-corrected chi connectivity index (χ2v) is 5.32. The van der Waals surface area contributed by atoms with Gasteiger partial charge in [-0.25, -0.2) is 0 Å². The molecular weight excluding hydrogens is 266 g/mol. The van der Waals surface area contributed by atoms with Crippen LogP contribution in [-0.2, 0) is 0 Å². The van der Waals surface area contributed by atoms with Gasteiger partial charge in [-0.05, 0) is 24.7 Å². The van der Waals surface area contributed by atoms with Crippen molar-refractivity contribution < 1.29 is 0 Å². The van der Waals surface area contributed by atoms with Crippen molar-refractivity contribution in [1.29, 1.82) is 0 Å². The van der Waals surface area contributed by atoms with Crippen molar-refractivity contribution in [3.05, 3.63) is 28.8 Å². The van der Waals surface area contributed by atoms with Gasteiger partial charge in [0.05, 0.1) is 0 Å². The lowest BCUT2D eigenvalue weighted by atomic mass is 10.1. The Morgan fingerprint density at radius 2 is 2.00 bits per heavy atom. The fourth-order valence-corrected chi connectivity index (χ4v) is 2.62. The Balaban J connectivity index is 2.21. The largest absolute Gasteiger partial charge is 0.389 e. The summed E-state index contributed by atoms with van der Waals surface area (Å²) < 4.78 is 0. The lowest BCUT2D eigenvalue weighted by Gasteiger charge is -2.36. The first-order valence-corrected chi connectivity index (χ1v) is 6.97. The molecule has 1 saturated heterocycles. The van der Waals surface area contributed by atoms with Crippen LogP contribution in [0.3, 0.4) is 0 Å². The van der Waals surface area contributed by atoms with E-state index in [-0.39, 0.29) is 0 Å². The van der Waals surface area contributed by atoms with Gasteiger partial charge < -0.3 is 15.5 Å². The second kappa shape index (κ2) is 5.87. The number of benzene rings is 1. The van der Waals surface area contributed by atoms with Crippen LogP contribution < -0.4 is 10.6 Å².